The van der Waals surface area contributed by atoms with Crippen molar-refractivity contribution in [1.82, 2.24) is 5.32 Å². The van der Waals surface area contributed by atoms with Gasteiger partial charge in [-0.1, -0.05) is 41.9 Å². The van der Waals surface area contributed by atoms with Crippen LogP contribution in [0.25, 0.3) is 0 Å². The molecule has 4 rings (SSSR count). The molecule has 0 saturated carbocycles. The summed E-state index contributed by atoms with van der Waals surface area (Å²) in [6.07, 6.45) is -1.24. The molecule has 0 aliphatic carbocycles. The molecule has 30 heavy (non-hydrogen) atoms. The van der Waals surface area contributed by atoms with E-state index in [-0.39, 0.29) is 11.3 Å². The average Bonchev–Trinajstić information content (AvgIpc) is 3.11. The molecule has 0 fully saturated rings. The summed E-state index contributed by atoms with van der Waals surface area (Å²) in [5.74, 6) is -0.923. The Kier molecular flexibility index (Phi) is 5.52. The number of benzodiazepines with no additional fused rings is 1. The van der Waals surface area contributed by atoms with E-state index in [0.717, 1.165) is 0 Å². The summed E-state index contributed by atoms with van der Waals surface area (Å²) >= 11 is 7.07. The van der Waals surface area contributed by atoms with Crippen LogP contribution >= 0.6 is 22.9 Å². The molecule has 152 valence electrons. The number of para-hydroxylation sites is 1. The van der Waals surface area contributed by atoms with Crippen molar-refractivity contribution in [2.75, 3.05) is 17.3 Å². The molecule has 1 atom stereocenters. The van der Waals surface area contributed by atoms with E-state index in [9.17, 15) is 14.0 Å². The normalized spacial score (nSPS) is 15.8. The monoisotopic (exact) mass is 442 g/mol. The Labute approximate surface area is 181 Å². The van der Waals surface area contributed by atoms with Crippen LogP contribution in [0.3, 0.4) is 0 Å². The quantitative estimate of drug-likeness (QED) is 0.626. The number of benzene rings is 2. The van der Waals surface area contributed by atoms with Crippen LogP contribution in [-0.2, 0) is 4.79 Å². The Morgan fingerprint density at radius 2 is 1.80 bits per heavy atom. The van der Waals surface area contributed by atoms with Gasteiger partial charge in [-0.05, 0) is 30.3 Å². The maximum atomic E-state index is 14.6. The van der Waals surface area contributed by atoms with Gasteiger partial charge < -0.3 is 10.2 Å². The number of carbonyl (C=O) groups excluding carboxylic acids is 2. The van der Waals surface area contributed by atoms with E-state index in [1.54, 1.807) is 61.6 Å². The third kappa shape index (κ3) is 3.92. The number of hydrogen-bond donors (Lipinski definition) is 2. The first-order chi connectivity index (χ1) is 14.4. The maximum absolute atomic E-state index is 14.6. The molecule has 2 heterocycles. The summed E-state index contributed by atoms with van der Waals surface area (Å²) in [4.78, 5) is 31.4. The van der Waals surface area contributed by atoms with Crippen molar-refractivity contribution in [2.45, 2.75) is 6.17 Å². The Bertz CT molecular complexity index is 1160. The number of aliphatic imine (C=N–C) groups is 1. The summed E-state index contributed by atoms with van der Waals surface area (Å²) in [5.41, 5.74) is 1.68. The van der Waals surface area contributed by atoms with Gasteiger partial charge in [-0.2, -0.15) is 0 Å². The minimum atomic E-state index is -1.24. The summed E-state index contributed by atoms with van der Waals surface area (Å²) in [5, 5.41) is 5.71. The largest absolute Gasteiger partial charge is 0.321 e. The molecule has 1 aromatic heterocycles. The summed E-state index contributed by atoms with van der Waals surface area (Å²) in [7, 11) is 1.59. The third-order valence-electron chi connectivity index (χ3n) is 4.55. The van der Waals surface area contributed by atoms with Crippen LogP contribution in [0.15, 0.2) is 65.7 Å². The molecule has 1 aliphatic heterocycles. The number of urea groups is 1. The van der Waals surface area contributed by atoms with Gasteiger partial charge >= 0.3 is 6.03 Å². The number of likely N-dealkylation sites (N-methyl/N-ethyl adjacent to an activating group) is 1. The molecule has 3 amide bonds. The topological polar surface area (TPSA) is 73.8 Å². The lowest BCUT2D eigenvalue weighted by molar-refractivity contribution is -0.119. The van der Waals surface area contributed by atoms with Gasteiger partial charge in [0, 0.05) is 18.2 Å². The van der Waals surface area contributed by atoms with Gasteiger partial charge in [-0.3, -0.25) is 10.1 Å². The van der Waals surface area contributed by atoms with E-state index >= 15 is 0 Å². The molecular formula is C21H16ClFN4O2S. The molecule has 1 unspecified atom stereocenters. The van der Waals surface area contributed by atoms with Gasteiger partial charge in [0.1, 0.15) is 5.82 Å². The third-order valence-corrected chi connectivity index (χ3v) is 5.70. The number of hydrogen-bond acceptors (Lipinski definition) is 4. The van der Waals surface area contributed by atoms with E-state index in [1.807, 2.05) is 0 Å². The second-order valence-electron chi connectivity index (χ2n) is 6.48. The number of anilines is 2. The molecule has 9 heteroatoms. The molecule has 3 aromatic rings. The van der Waals surface area contributed by atoms with Gasteiger partial charge in [0.15, 0.2) is 0 Å². The number of halogens is 2. The fourth-order valence-corrected chi connectivity index (χ4v) is 4.08. The van der Waals surface area contributed by atoms with E-state index in [4.69, 9.17) is 11.6 Å². The number of nitrogens with zero attached hydrogens (tertiary/aromatic N) is 2. The number of nitrogens with one attached hydrogen (secondary N) is 2. The highest BCUT2D eigenvalue weighted by molar-refractivity contribution is 7.20. The Morgan fingerprint density at radius 1 is 1.10 bits per heavy atom. The van der Waals surface area contributed by atoms with Crippen LogP contribution in [0.1, 0.15) is 11.1 Å². The van der Waals surface area contributed by atoms with Crippen LogP contribution in [0.5, 0.6) is 0 Å². The van der Waals surface area contributed by atoms with Crippen LogP contribution in [0.4, 0.5) is 19.9 Å². The number of amides is 3. The molecule has 2 aromatic carbocycles. The molecule has 0 radical (unpaired) electrons. The molecule has 0 bridgehead atoms. The van der Waals surface area contributed by atoms with Crippen molar-refractivity contribution >= 4 is 51.3 Å². The fourth-order valence-electron chi connectivity index (χ4n) is 3.14. The van der Waals surface area contributed by atoms with Crippen molar-refractivity contribution < 1.29 is 14.0 Å². The first kappa shape index (κ1) is 20.1. The summed E-state index contributed by atoms with van der Waals surface area (Å²) in [6.45, 7) is 0. The zero-order valence-electron chi connectivity index (χ0n) is 15.7. The second kappa shape index (κ2) is 8.25. The van der Waals surface area contributed by atoms with E-state index < -0.39 is 23.9 Å². The van der Waals surface area contributed by atoms with Crippen LogP contribution < -0.4 is 15.5 Å². The number of rotatable bonds is 3. The smallest absolute Gasteiger partial charge is 0.311 e. The summed E-state index contributed by atoms with van der Waals surface area (Å²) < 4.78 is 15.1. The molecule has 2 N–H and O–H groups in total. The van der Waals surface area contributed by atoms with Crippen molar-refractivity contribution in [3.8, 4) is 0 Å². The van der Waals surface area contributed by atoms with Crippen molar-refractivity contribution in [1.29, 1.82) is 0 Å². The Morgan fingerprint density at radius 3 is 2.50 bits per heavy atom. The Balaban J connectivity index is 1.73. The SMILES string of the molecule is CN1C(=O)C(NC(=O)Nc2ccc(Cl)s2)N=C(c2ccccc2F)c2ccccc21. The molecule has 0 saturated heterocycles. The highest BCUT2D eigenvalue weighted by Gasteiger charge is 2.31. The fraction of sp³-hybridized carbons (Fsp3) is 0.0952. The number of fused-ring (bicyclic) bond motifs is 1. The number of carbonyl (C=O) groups is 2. The van der Waals surface area contributed by atoms with E-state index in [2.05, 4.69) is 15.6 Å². The Hall–Kier alpha value is -3.23. The van der Waals surface area contributed by atoms with Crippen LogP contribution in [-0.4, -0.2) is 30.9 Å². The average molecular weight is 443 g/mol. The molecule has 0 spiro atoms. The van der Waals surface area contributed by atoms with Gasteiger partial charge in [-0.25, -0.2) is 14.2 Å². The molecular weight excluding hydrogens is 427 g/mol. The van der Waals surface area contributed by atoms with Gasteiger partial charge in [0.25, 0.3) is 5.91 Å². The first-order valence-corrected chi connectivity index (χ1v) is 10.2. The lowest BCUT2D eigenvalue weighted by Gasteiger charge is -2.20. The van der Waals surface area contributed by atoms with Crippen molar-refractivity contribution in [3.63, 3.8) is 0 Å². The van der Waals surface area contributed by atoms with Gasteiger partial charge in [0.05, 0.1) is 20.7 Å². The maximum Gasteiger partial charge on any atom is 0.321 e. The lowest BCUT2D eigenvalue weighted by atomic mass is 10.00. The number of thiophene rings is 1. The first-order valence-electron chi connectivity index (χ1n) is 8.96. The van der Waals surface area contributed by atoms with Gasteiger partial charge in [-0.15, -0.1) is 11.3 Å². The highest BCUT2D eigenvalue weighted by atomic mass is 35.5. The summed E-state index contributed by atoms with van der Waals surface area (Å²) in [6, 6.07) is 15.9. The molecule has 6 nitrogen and oxygen atoms in total. The zero-order chi connectivity index (χ0) is 21.3. The van der Waals surface area contributed by atoms with E-state index in [1.165, 1.54) is 22.3 Å². The second-order valence-corrected chi connectivity index (χ2v) is 8.19. The predicted molar refractivity (Wildman–Crippen MR) is 117 cm³/mol. The van der Waals surface area contributed by atoms with Crippen LogP contribution in [0, 0.1) is 5.82 Å². The highest BCUT2D eigenvalue weighted by Crippen LogP contribution is 2.28. The van der Waals surface area contributed by atoms with Crippen molar-refractivity contribution in [3.05, 3.63) is 81.9 Å². The van der Waals surface area contributed by atoms with Crippen LogP contribution in [0.2, 0.25) is 4.34 Å². The molecule has 1 aliphatic rings. The minimum absolute atomic E-state index is 0.241. The lowest BCUT2D eigenvalue weighted by Crippen LogP contribution is -2.47. The predicted octanol–water partition coefficient (Wildman–Crippen LogP) is 4.50. The van der Waals surface area contributed by atoms with Gasteiger partial charge in [0.2, 0.25) is 6.17 Å². The minimum Gasteiger partial charge on any atom is -0.311 e. The van der Waals surface area contributed by atoms with Crippen molar-refractivity contribution in [2.24, 2.45) is 4.99 Å². The zero-order valence-corrected chi connectivity index (χ0v) is 17.3. The standard InChI is InChI=1S/C21H16ClFN4O2S/c1-27-15-9-5-3-7-13(15)18(12-6-2-4-8-14(12)23)25-19(20(27)28)26-21(29)24-17-11-10-16(22)30-17/h2-11,19H,1H3,(H2,24,26,29). The van der Waals surface area contributed by atoms with E-state index in [0.29, 0.717) is 20.6 Å².